The summed E-state index contributed by atoms with van der Waals surface area (Å²) in [6.07, 6.45) is 1.29. The number of ether oxygens (including phenoxy) is 5. The second-order valence-electron chi connectivity index (χ2n) is 13.7. The Morgan fingerprint density at radius 2 is 1.84 bits per heavy atom. The molecule has 14 heteroatoms. The van der Waals surface area contributed by atoms with Crippen LogP contribution in [-0.2, 0) is 35.4 Å². The SMILES string of the molecule is CC(=O)NCCCCCC(C)(C)CN(C[C@@H](O)[C@H](Cc1ccccc1)NC(=O)O[C@H]1CO[C@H]2OCC[C@H]21)S(=O)(=O)c1ccc2c(c1)OCO2. The second kappa shape index (κ2) is 16.5. The Labute approximate surface area is 288 Å². The van der Waals surface area contributed by atoms with Gasteiger partial charge in [0.1, 0.15) is 6.10 Å². The van der Waals surface area contributed by atoms with E-state index < -0.39 is 39.8 Å². The van der Waals surface area contributed by atoms with Gasteiger partial charge >= 0.3 is 6.09 Å². The number of carbonyl (C=O) groups excluding carboxylic acids is 2. The molecule has 49 heavy (non-hydrogen) atoms. The fraction of sp³-hybridized carbons (Fsp3) is 0.600. The maximum atomic E-state index is 14.3. The number of rotatable bonds is 17. The quantitative estimate of drug-likeness (QED) is 0.208. The number of nitrogens with zero attached hydrogens (tertiary/aromatic N) is 1. The lowest BCUT2D eigenvalue weighted by molar-refractivity contribution is -0.118. The molecule has 5 rings (SSSR count). The van der Waals surface area contributed by atoms with E-state index in [4.69, 9.17) is 23.7 Å². The average molecular weight is 704 g/mol. The van der Waals surface area contributed by atoms with Crippen molar-refractivity contribution in [1.29, 1.82) is 0 Å². The fourth-order valence-electron chi connectivity index (χ4n) is 6.52. The van der Waals surface area contributed by atoms with Crippen LogP contribution in [0.1, 0.15) is 58.4 Å². The molecule has 0 aliphatic carbocycles. The molecule has 0 saturated carbocycles. The average Bonchev–Trinajstić information content (AvgIpc) is 3.81. The molecule has 2 amide bonds. The first kappa shape index (κ1) is 36.8. The summed E-state index contributed by atoms with van der Waals surface area (Å²) in [7, 11) is -4.15. The Morgan fingerprint density at radius 3 is 2.61 bits per heavy atom. The lowest BCUT2D eigenvalue weighted by atomic mass is 9.86. The van der Waals surface area contributed by atoms with Gasteiger partial charge in [-0.2, -0.15) is 4.31 Å². The number of carbonyl (C=O) groups is 2. The summed E-state index contributed by atoms with van der Waals surface area (Å²) in [4.78, 5) is 24.4. The standard InChI is InChI=1S/C35H49N3O10S/c1-24(39)36-16-9-5-8-15-35(2,3)22-38(49(42,43)26-12-13-30-31(19-26)47-23-46-30)20-29(40)28(18-25-10-6-4-7-11-25)37-34(41)48-32-21-45-33-27(32)14-17-44-33/h4,6-7,10-13,19,27-29,32-33,40H,5,8-9,14-18,20-23H2,1-3H3,(H,36,39)(H,37,41)/t27-,28-,29+,32-,33+/m0/s1. The van der Waals surface area contributed by atoms with E-state index in [0.717, 1.165) is 31.2 Å². The number of aliphatic hydroxyl groups is 1. The third kappa shape index (κ3) is 10.1. The van der Waals surface area contributed by atoms with E-state index in [9.17, 15) is 23.1 Å². The van der Waals surface area contributed by atoms with Crippen LogP contribution in [0.15, 0.2) is 53.4 Å². The van der Waals surface area contributed by atoms with E-state index in [1.165, 1.54) is 23.4 Å². The van der Waals surface area contributed by atoms with Crippen molar-refractivity contribution in [3.05, 3.63) is 54.1 Å². The molecule has 0 spiro atoms. The van der Waals surface area contributed by atoms with Crippen LogP contribution >= 0.6 is 0 Å². The Morgan fingerprint density at radius 1 is 1.06 bits per heavy atom. The number of hydrogen-bond acceptors (Lipinski definition) is 10. The molecule has 2 fully saturated rings. The number of benzene rings is 2. The van der Waals surface area contributed by atoms with Gasteiger partial charge in [-0.05, 0) is 48.8 Å². The van der Waals surface area contributed by atoms with Gasteiger partial charge in [0.2, 0.25) is 22.7 Å². The van der Waals surface area contributed by atoms with Crippen LogP contribution in [0.5, 0.6) is 11.5 Å². The molecular formula is C35H49N3O10S. The van der Waals surface area contributed by atoms with Crippen molar-refractivity contribution in [3.8, 4) is 11.5 Å². The van der Waals surface area contributed by atoms with Crippen molar-refractivity contribution >= 4 is 22.0 Å². The second-order valence-corrected chi connectivity index (χ2v) is 15.7. The fourth-order valence-corrected chi connectivity index (χ4v) is 8.18. The lowest BCUT2D eigenvalue weighted by Gasteiger charge is -2.35. The minimum atomic E-state index is -4.15. The van der Waals surface area contributed by atoms with Crippen molar-refractivity contribution in [1.82, 2.24) is 14.9 Å². The minimum Gasteiger partial charge on any atom is -0.454 e. The molecule has 13 nitrogen and oxygen atoms in total. The molecule has 0 unspecified atom stereocenters. The highest BCUT2D eigenvalue weighted by Crippen LogP contribution is 2.36. The van der Waals surface area contributed by atoms with E-state index in [0.29, 0.717) is 31.1 Å². The molecule has 2 aromatic rings. The zero-order valence-corrected chi connectivity index (χ0v) is 29.3. The first-order valence-electron chi connectivity index (χ1n) is 17.0. The van der Waals surface area contributed by atoms with E-state index in [1.54, 1.807) is 6.07 Å². The van der Waals surface area contributed by atoms with Crippen molar-refractivity contribution in [2.45, 2.75) is 88.7 Å². The van der Waals surface area contributed by atoms with E-state index in [1.807, 2.05) is 44.2 Å². The number of hydrogen-bond donors (Lipinski definition) is 3. The highest BCUT2D eigenvalue weighted by Gasteiger charge is 2.44. The van der Waals surface area contributed by atoms with Gasteiger partial charge in [0.25, 0.3) is 0 Å². The molecule has 2 saturated heterocycles. The van der Waals surface area contributed by atoms with Crippen LogP contribution < -0.4 is 20.1 Å². The van der Waals surface area contributed by atoms with Gasteiger partial charge in [-0.25, -0.2) is 13.2 Å². The Kier molecular flexibility index (Phi) is 12.4. The summed E-state index contributed by atoms with van der Waals surface area (Å²) in [6, 6.07) is 13.0. The molecule has 2 aromatic carbocycles. The number of fused-ring (bicyclic) bond motifs is 2. The van der Waals surface area contributed by atoms with Gasteiger partial charge < -0.3 is 39.4 Å². The predicted octanol–water partition coefficient (Wildman–Crippen LogP) is 3.59. The van der Waals surface area contributed by atoms with Gasteiger partial charge in [-0.3, -0.25) is 4.79 Å². The van der Waals surface area contributed by atoms with Gasteiger partial charge in [-0.1, -0.05) is 57.0 Å². The summed E-state index contributed by atoms with van der Waals surface area (Å²) in [6.45, 7) is 6.65. The van der Waals surface area contributed by atoms with E-state index in [-0.39, 0.29) is 55.9 Å². The summed E-state index contributed by atoms with van der Waals surface area (Å²) >= 11 is 0. The number of amides is 2. The molecule has 0 radical (unpaired) electrons. The van der Waals surface area contributed by atoms with Crippen molar-refractivity contribution < 1.29 is 46.8 Å². The smallest absolute Gasteiger partial charge is 0.407 e. The van der Waals surface area contributed by atoms with Gasteiger partial charge in [0.15, 0.2) is 17.8 Å². The van der Waals surface area contributed by atoms with E-state index in [2.05, 4.69) is 10.6 Å². The van der Waals surface area contributed by atoms with Crippen LogP contribution in [0.2, 0.25) is 0 Å². The van der Waals surface area contributed by atoms with Crippen molar-refractivity contribution in [2.24, 2.45) is 11.3 Å². The minimum absolute atomic E-state index is 0.000570. The van der Waals surface area contributed by atoms with Crippen LogP contribution in [0, 0.1) is 11.3 Å². The number of sulfonamides is 1. The summed E-state index contributed by atoms with van der Waals surface area (Å²) in [5, 5.41) is 17.4. The number of unbranched alkanes of at least 4 members (excludes halogenated alkanes) is 2. The Bertz CT molecular complexity index is 1520. The molecule has 3 aliphatic heterocycles. The Balaban J connectivity index is 1.33. The van der Waals surface area contributed by atoms with Crippen LogP contribution in [-0.4, -0.2) is 94.0 Å². The number of nitrogens with one attached hydrogen (secondary N) is 2. The van der Waals surface area contributed by atoms with Crippen molar-refractivity contribution in [3.63, 3.8) is 0 Å². The maximum Gasteiger partial charge on any atom is 0.407 e. The third-order valence-electron chi connectivity index (χ3n) is 9.19. The number of alkyl carbamates (subject to hydrolysis) is 1. The summed E-state index contributed by atoms with van der Waals surface area (Å²) in [5.41, 5.74) is 0.380. The predicted molar refractivity (Wildman–Crippen MR) is 179 cm³/mol. The molecule has 3 aliphatic rings. The van der Waals surface area contributed by atoms with E-state index >= 15 is 0 Å². The summed E-state index contributed by atoms with van der Waals surface area (Å²) < 4.78 is 57.7. The van der Waals surface area contributed by atoms with Crippen LogP contribution in [0.25, 0.3) is 0 Å². The molecule has 3 heterocycles. The third-order valence-corrected chi connectivity index (χ3v) is 11.0. The van der Waals surface area contributed by atoms with Gasteiger partial charge in [0.05, 0.1) is 36.2 Å². The normalized spacial score (nSPS) is 21.3. The highest BCUT2D eigenvalue weighted by molar-refractivity contribution is 7.89. The molecular weight excluding hydrogens is 654 g/mol. The largest absolute Gasteiger partial charge is 0.454 e. The first-order chi connectivity index (χ1) is 23.4. The monoisotopic (exact) mass is 703 g/mol. The van der Waals surface area contributed by atoms with Crippen LogP contribution in [0.3, 0.4) is 0 Å². The van der Waals surface area contributed by atoms with Gasteiger partial charge in [0, 0.05) is 32.6 Å². The highest BCUT2D eigenvalue weighted by atomic mass is 32.2. The zero-order valence-electron chi connectivity index (χ0n) is 28.5. The summed E-state index contributed by atoms with van der Waals surface area (Å²) in [5.74, 6) is 0.662. The maximum absolute atomic E-state index is 14.3. The molecule has 270 valence electrons. The Hall–Kier alpha value is -3.43. The molecule has 0 bridgehead atoms. The van der Waals surface area contributed by atoms with Crippen LogP contribution in [0.4, 0.5) is 4.79 Å². The molecule has 3 N–H and O–H groups in total. The molecule has 0 aromatic heterocycles. The lowest BCUT2D eigenvalue weighted by Crippen LogP contribution is -2.52. The molecule has 5 atom stereocenters. The topological polar surface area (TPSA) is 162 Å². The van der Waals surface area contributed by atoms with Gasteiger partial charge in [-0.15, -0.1) is 0 Å². The first-order valence-corrected chi connectivity index (χ1v) is 18.4. The number of aliphatic hydroxyl groups excluding tert-OH is 1. The van der Waals surface area contributed by atoms with Crippen molar-refractivity contribution in [2.75, 3.05) is 39.6 Å². The zero-order chi connectivity index (χ0) is 35.0.